The van der Waals surface area contributed by atoms with E-state index < -0.39 is 18.3 Å². The second-order valence-corrected chi connectivity index (χ2v) is 5.98. The van der Waals surface area contributed by atoms with Crippen molar-refractivity contribution in [2.75, 3.05) is 32.7 Å². The Kier molecular flexibility index (Phi) is 5.47. The number of aryl methyl sites for hydroxylation is 1. The van der Waals surface area contributed by atoms with Crippen LogP contribution in [0, 0.1) is 6.92 Å². The maximum atomic E-state index is 12.7. The van der Waals surface area contributed by atoms with Crippen LogP contribution < -0.4 is 0 Å². The zero-order chi connectivity index (χ0) is 16.3. The summed E-state index contributed by atoms with van der Waals surface area (Å²) < 4.78 is 38.1. The van der Waals surface area contributed by atoms with Crippen molar-refractivity contribution in [1.29, 1.82) is 0 Å². The Labute approximate surface area is 129 Å². The van der Waals surface area contributed by atoms with Gasteiger partial charge in [0, 0.05) is 32.7 Å². The molecule has 1 fully saturated rings. The first kappa shape index (κ1) is 17.2. The molecule has 2 atom stereocenters. The number of benzene rings is 1. The fourth-order valence-corrected chi connectivity index (χ4v) is 2.68. The van der Waals surface area contributed by atoms with Gasteiger partial charge in [-0.15, -0.1) is 0 Å². The number of β-amino-alcohol motifs (C(OH)–C–C–N with tert-alkyl or cyclic N) is 1. The Morgan fingerprint density at radius 3 is 2.14 bits per heavy atom. The Morgan fingerprint density at radius 1 is 1.09 bits per heavy atom. The quantitative estimate of drug-likeness (QED) is 0.925. The maximum absolute atomic E-state index is 12.7. The molecule has 0 radical (unpaired) electrons. The first-order valence-corrected chi connectivity index (χ1v) is 7.55. The third-order valence-electron chi connectivity index (χ3n) is 4.32. The van der Waals surface area contributed by atoms with Gasteiger partial charge in [-0.2, -0.15) is 13.2 Å². The van der Waals surface area contributed by atoms with Gasteiger partial charge in [-0.25, -0.2) is 0 Å². The van der Waals surface area contributed by atoms with Crippen molar-refractivity contribution in [3.8, 4) is 0 Å². The number of alkyl halides is 3. The molecule has 1 N–H and O–H groups in total. The van der Waals surface area contributed by atoms with Crippen LogP contribution in [0.1, 0.15) is 24.2 Å². The summed E-state index contributed by atoms with van der Waals surface area (Å²) in [4.78, 5) is 3.47. The lowest BCUT2D eigenvalue weighted by atomic mass is 10.1. The van der Waals surface area contributed by atoms with Crippen molar-refractivity contribution in [2.45, 2.75) is 32.2 Å². The third-order valence-corrected chi connectivity index (χ3v) is 4.32. The first-order chi connectivity index (χ1) is 10.3. The van der Waals surface area contributed by atoms with E-state index >= 15 is 0 Å². The first-order valence-electron chi connectivity index (χ1n) is 7.55. The Morgan fingerprint density at radius 2 is 1.64 bits per heavy atom. The van der Waals surface area contributed by atoms with Gasteiger partial charge in [0.05, 0.1) is 6.10 Å². The molecule has 0 bridgehead atoms. The number of hydrogen-bond donors (Lipinski definition) is 1. The number of aliphatic hydroxyl groups is 1. The van der Waals surface area contributed by atoms with Crippen LogP contribution in [0.25, 0.3) is 0 Å². The van der Waals surface area contributed by atoms with Crippen molar-refractivity contribution in [2.24, 2.45) is 0 Å². The van der Waals surface area contributed by atoms with E-state index in [0.717, 1.165) is 11.1 Å². The van der Waals surface area contributed by atoms with Gasteiger partial charge in [0.25, 0.3) is 0 Å². The fourth-order valence-electron chi connectivity index (χ4n) is 2.68. The van der Waals surface area contributed by atoms with Gasteiger partial charge in [0.15, 0.2) is 0 Å². The molecule has 0 aliphatic carbocycles. The molecule has 1 aromatic rings. The van der Waals surface area contributed by atoms with Crippen LogP contribution in [0.5, 0.6) is 0 Å². The Balaban J connectivity index is 1.83. The highest BCUT2D eigenvalue weighted by atomic mass is 19.4. The number of piperazine rings is 1. The van der Waals surface area contributed by atoms with E-state index in [1.807, 2.05) is 36.1 Å². The molecule has 0 aromatic heterocycles. The molecule has 0 amide bonds. The minimum atomic E-state index is -4.18. The van der Waals surface area contributed by atoms with Gasteiger partial charge in [0.1, 0.15) is 6.04 Å². The lowest BCUT2D eigenvalue weighted by Gasteiger charge is -2.39. The molecule has 0 saturated carbocycles. The van der Waals surface area contributed by atoms with E-state index in [2.05, 4.69) is 0 Å². The molecule has 3 nitrogen and oxygen atoms in total. The number of rotatable bonds is 4. The SMILES string of the molecule is Cc1ccc(C(O)CN2CCN(C(C)C(F)(F)F)CC2)cc1. The molecule has 2 rings (SSSR count). The molecule has 0 spiro atoms. The molecule has 6 heteroatoms. The minimum absolute atomic E-state index is 0.376. The lowest BCUT2D eigenvalue weighted by Crippen LogP contribution is -2.54. The summed E-state index contributed by atoms with van der Waals surface area (Å²) in [6.45, 7) is 5.49. The highest BCUT2D eigenvalue weighted by molar-refractivity contribution is 5.23. The number of halogens is 3. The van der Waals surface area contributed by atoms with Gasteiger partial charge in [-0.1, -0.05) is 29.8 Å². The standard InChI is InChI=1S/C16H23F3N2O/c1-12-3-5-14(6-4-12)15(22)11-20-7-9-21(10-8-20)13(2)16(17,18)19/h3-6,13,15,22H,7-11H2,1-2H3. The van der Waals surface area contributed by atoms with E-state index in [0.29, 0.717) is 32.7 Å². The van der Waals surface area contributed by atoms with E-state index in [4.69, 9.17) is 0 Å². The van der Waals surface area contributed by atoms with E-state index in [-0.39, 0.29) is 0 Å². The summed E-state index contributed by atoms with van der Waals surface area (Å²) in [7, 11) is 0. The van der Waals surface area contributed by atoms with Gasteiger partial charge < -0.3 is 5.11 Å². The zero-order valence-electron chi connectivity index (χ0n) is 13.0. The van der Waals surface area contributed by atoms with Crippen molar-refractivity contribution in [1.82, 2.24) is 9.80 Å². The summed E-state index contributed by atoms with van der Waals surface area (Å²) in [5.74, 6) is 0. The predicted octanol–water partition coefficient (Wildman–Crippen LogP) is 2.60. The molecular formula is C16H23F3N2O. The summed E-state index contributed by atoms with van der Waals surface area (Å²) in [6.07, 6.45) is -4.78. The molecule has 1 aliphatic rings. The topological polar surface area (TPSA) is 26.7 Å². The molecule has 1 aliphatic heterocycles. The van der Waals surface area contributed by atoms with Crippen LogP contribution in [0.3, 0.4) is 0 Å². The maximum Gasteiger partial charge on any atom is 0.403 e. The fraction of sp³-hybridized carbons (Fsp3) is 0.625. The minimum Gasteiger partial charge on any atom is -0.387 e. The summed E-state index contributed by atoms with van der Waals surface area (Å²) in [6, 6.07) is 6.27. The van der Waals surface area contributed by atoms with Gasteiger partial charge in [-0.05, 0) is 19.4 Å². The van der Waals surface area contributed by atoms with Crippen molar-refractivity contribution in [3.63, 3.8) is 0 Å². The molecule has 1 saturated heterocycles. The van der Waals surface area contributed by atoms with Gasteiger partial charge >= 0.3 is 6.18 Å². The van der Waals surface area contributed by atoms with E-state index in [1.165, 1.54) is 11.8 Å². The number of hydrogen-bond acceptors (Lipinski definition) is 3. The van der Waals surface area contributed by atoms with Crippen LogP contribution in [-0.2, 0) is 0 Å². The van der Waals surface area contributed by atoms with E-state index in [1.54, 1.807) is 0 Å². The molecular weight excluding hydrogens is 293 g/mol. The largest absolute Gasteiger partial charge is 0.403 e. The van der Waals surface area contributed by atoms with Gasteiger partial charge in [0.2, 0.25) is 0 Å². The van der Waals surface area contributed by atoms with Crippen LogP contribution in [0.2, 0.25) is 0 Å². The van der Waals surface area contributed by atoms with Crippen LogP contribution >= 0.6 is 0 Å². The smallest absolute Gasteiger partial charge is 0.387 e. The molecule has 1 heterocycles. The van der Waals surface area contributed by atoms with Gasteiger partial charge in [-0.3, -0.25) is 9.80 Å². The zero-order valence-corrected chi connectivity index (χ0v) is 13.0. The van der Waals surface area contributed by atoms with Crippen LogP contribution in [-0.4, -0.2) is 59.8 Å². The second kappa shape index (κ2) is 6.98. The lowest BCUT2D eigenvalue weighted by molar-refractivity contribution is -0.182. The number of aliphatic hydroxyl groups excluding tert-OH is 1. The van der Waals surface area contributed by atoms with Crippen molar-refractivity contribution < 1.29 is 18.3 Å². The number of nitrogens with zero attached hydrogens (tertiary/aromatic N) is 2. The van der Waals surface area contributed by atoms with Crippen molar-refractivity contribution in [3.05, 3.63) is 35.4 Å². The third kappa shape index (κ3) is 4.44. The Hall–Kier alpha value is -1.11. The predicted molar refractivity (Wildman–Crippen MR) is 79.7 cm³/mol. The monoisotopic (exact) mass is 316 g/mol. The highest BCUT2D eigenvalue weighted by Gasteiger charge is 2.40. The van der Waals surface area contributed by atoms with Crippen LogP contribution in [0.15, 0.2) is 24.3 Å². The second-order valence-electron chi connectivity index (χ2n) is 5.98. The summed E-state index contributed by atoms with van der Waals surface area (Å²) in [5.41, 5.74) is 1.97. The molecule has 22 heavy (non-hydrogen) atoms. The summed E-state index contributed by atoms with van der Waals surface area (Å²) in [5, 5.41) is 10.2. The molecule has 124 valence electrons. The average Bonchev–Trinajstić information content (AvgIpc) is 2.47. The van der Waals surface area contributed by atoms with E-state index in [9.17, 15) is 18.3 Å². The normalized spacial score (nSPS) is 20.8. The summed E-state index contributed by atoms with van der Waals surface area (Å²) >= 11 is 0. The van der Waals surface area contributed by atoms with Crippen molar-refractivity contribution >= 4 is 0 Å². The average molecular weight is 316 g/mol. The van der Waals surface area contributed by atoms with Crippen LogP contribution in [0.4, 0.5) is 13.2 Å². The molecule has 2 unspecified atom stereocenters. The Bertz CT molecular complexity index is 467. The molecule has 1 aromatic carbocycles. The highest BCUT2D eigenvalue weighted by Crippen LogP contribution is 2.25.